The summed E-state index contributed by atoms with van der Waals surface area (Å²) in [4.78, 5) is 45.1. The normalized spacial score (nSPS) is 22.6. The number of nitrogens with zero attached hydrogens (tertiary/aromatic N) is 4. The number of benzene rings is 1. The van der Waals surface area contributed by atoms with Gasteiger partial charge in [-0.2, -0.15) is 10.2 Å². The van der Waals surface area contributed by atoms with Gasteiger partial charge in [-0.25, -0.2) is 4.98 Å². The van der Waals surface area contributed by atoms with Crippen molar-refractivity contribution in [3.05, 3.63) is 65.1 Å². The van der Waals surface area contributed by atoms with E-state index in [2.05, 4.69) is 22.5 Å². The number of hydrogen-bond acceptors (Lipinski definition) is 8. The number of furan rings is 1. The van der Waals surface area contributed by atoms with Gasteiger partial charge in [-0.3, -0.25) is 19.7 Å². The number of hydrogen-bond donors (Lipinski definition) is 1. The molecule has 0 bridgehead atoms. The van der Waals surface area contributed by atoms with E-state index in [1.54, 1.807) is 42.3 Å². The predicted molar refractivity (Wildman–Crippen MR) is 133 cm³/mol. The molecule has 2 atom stereocenters. The molecule has 37 heavy (non-hydrogen) atoms. The Morgan fingerprint density at radius 2 is 2.05 bits per heavy atom. The Balaban J connectivity index is 1.34. The first-order chi connectivity index (χ1) is 17.9. The molecule has 1 saturated heterocycles. The van der Waals surface area contributed by atoms with Crippen molar-refractivity contribution in [2.75, 3.05) is 13.7 Å². The summed E-state index contributed by atoms with van der Waals surface area (Å²) in [6.07, 6.45) is 3.80. The summed E-state index contributed by atoms with van der Waals surface area (Å²) >= 11 is 0. The number of nitrogens with one attached hydrogen (secondary N) is 1. The Labute approximate surface area is 212 Å². The van der Waals surface area contributed by atoms with Gasteiger partial charge >= 0.3 is 0 Å². The van der Waals surface area contributed by atoms with Crippen LogP contribution in [0.15, 0.2) is 57.1 Å². The van der Waals surface area contributed by atoms with Crippen LogP contribution in [-0.4, -0.2) is 47.3 Å². The van der Waals surface area contributed by atoms with Crippen LogP contribution in [0.4, 0.5) is 0 Å². The molecule has 3 aromatic rings. The largest absolute Gasteiger partial charge is 0.497 e. The molecule has 0 spiro atoms. The van der Waals surface area contributed by atoms with E-state index in [0.29, 0.717) is 46.1 Å². The minimum atomic E-state index is -1.36. The highest BCUT2D eigenvalue weighted by Crippen LogP contribution is 2.39. The Bertz CT molecular complexity index is 1520. The first-order valence-corrected chi connectivity index (χ1v) is 12.2. The number of carbonyl (C=O) groups excluding carboxylic acids is 3. The average Bonchev–Trinajstić information content (AvgIpc) is 3.65. The summed E-state index contributed by atoms with van der Waals surface area (Å²) in [5.74, 6) is -0.259. The molecule has 3 amide bonds. The molecule has 1 unspecified atom stereocenters. The molecule has 10 nitrogen and oxygen atoms in total. The van der Waals surface area contributed by atoms with Gasteiger partial charge < -0.3 is 14.1 Å². The number of pyridine rings is 1. The molecule has 2 aromatic heterocycles. The van der Waals surface area contributed by atoms with Gasteiger partial charge in [0.05, 0.1) is 25.3 Å². The SMILES string of the molecule is CCCC1C=C(c2ccc3oc([C@]4(CN5Cc6ccc(OC)cc6C5=O)CC(=O)NC4=O)cc3n2)N=N1. The van der Waals surface area contributed by atoms with Crippen LogP contribution in [0.3, 0.4) is 0 Å². The Morgan fingerprint density at radius 1 is 1.19 bits per heavy atom. The van der Waals surface area contributed by atoms with E-state index in [4.69, 9.17) is 14.1 Å². The van der Waals surface area contributed by atoms with Crippen molar-refractivity contribution in [3.8, 4) is 5.75 Å². The standard InChI is InChI=1S/C27H25N5O5/c1-3-4-16-9-20(31-30-16)19-7-8-22-21(28-19)11-23(37-22)27(12-24(33)29-26(27)35)14-32-13-15-5-6-17(36-2)10-18(15)25(32)34/h5-11,16H,3-4,12-14H2,1-2H3,(H,29,33,35)/t16?,27-/m1/s1. The van der Waals surface area contributed by atoms with Crippen molar-refractivity contribution in [2.45, 2.75) is 44.2 Å². The number of aromatic nitrogens is 1. The fraction of sp³-hybridized carbons (Fsp3) is 0.333. The lowest BCUT2D eigenvalue weighted by molar-refractivity contribution is -0.127. The Morgan fingerprint density at radius 3 is 2.81 bits per heavy atom. The summed E-state index contributed by atoms with van der Waals surface area (Å²) < 4.78 is 11.4. The predicted octanol–water partition coefficient (Wildman–Crippen LogP) is 3.75. The first kappa shape index (κ1) is 23.1. The minimum absolute atomic E-state index is 0.00878. The number of imide groups is 1. The summed E-state index contributed by atoms with van der Waals surface area (Å²) in [7, 11) is 1.54. The molecule has 3 aliphatic rings. The molecule has 1 N–H and O–H groups in total. The summed E-state index contributed by atoms with van der Waals surface area (Å²) in [6, 6.07) is 10.6. The number of methoxy groups -OCH3 is 1. The van der Waals surface area contributed by atoms with Crippen molar-refractivity contribution in [1.82, 2.24) is 15.2 Å². The summed E-state index contributed by atoms with van der Waals surface area (Å²) in [5, 5.41) is 11.0. The lowest BCUT2D eigenvalue weighted by atomic mass is 9.82. The highest BCUT2D eigenvalue weighted by molar-refractivity contribution is 6.10. The van der Waals surface area contributed by atoms with Crippen molar-refractivity contribution in [3.63, 3.8) is 0 Å². The molecule has 188 valence electrons. The number of carbonyl (C=O) groups is 3. The lowest BCUT2D eigenvalue weighted by Crippen LogP contribution is -2.46. The maximum atomic E-state index is 13.2. The molecule has 10 heteroatoms. The zero-order valence-corrected chi connectivity index (χ0v) is 20.5. The van der Waals surface area contributed by atoms with Gasteiger partial charge in [0.2, 0.25) is 11.8 Å². The fourth-order valence-corrected chi connectivity index (χ4v) is 5.23. The zero-order chi connectivity index (χ0) is 25.7. The Kier molecular flexibility index (Phi) is 5.40. The molecule has 1 fully saturated rings. The maximum Gasteiger partial charge on any atom is 0.254 e. The van der Waals surface area contributed by atoms with E-state index in [1.807, 2.05) is 12.1 Å². The molecule has 0 aliphatic carbocycles. The van der Waals surface area contributed by atoms with Gasteiger partial charge in [0.15, 0.2) is 5.58 Å². The first-order valence-electron chi connectivity index (χ1n) is 12.2. The third-order valence-corrected chi connectivity index (χ3v) is 7.16. The van der Waals surface area contributed by atoms with Gasteiger partial charge in [0.1, 0.15) is 28.1 Å². The summed E-state index contributed by atoms with van der Waals surface area (Å²) in [5.41, 5.74) is 2.36. The summed E-state index contributed by atoms with van der Waals surface area (Å²) in [6.45, 7) is 2.41. The van der Waals surface area contributed by atoms with Gasteiger partial charge in [-0.05, 0) is 42.3 Å². The van der Waals surface area contributed by atoms with Crippen LogP contribution in [0.1, 0.15) is 53.6 Å². The van der Waals surface area contributed by atoms with Crippen LogP contribution in [0.5, 0.6) is 5.75 Å². The third-order valence-electron chi connectivity index (χ3n) is 7.16. The molecule has 5 heterocycles. The van der Waals surface area contributed by atoms with Gasteiger partial charge in [-0.1, -0.05) is 19.4 Å². The molecule has 1 aromatic carbocycles. The lowest BCUT2D eigenvalue weighted by Gasteiger charge is -2.28. The monoisotopic (exact) mass is 499 g/mol. The number of ether oxygens (including phenoxy) is 1. The Hall–Kier alpha value is -4.34. The second kappa shape index (κ2) is 8.65. The van der Waals surface area contributed by atoms with Gasteiger partial charge in [-0.15, -0.1) is 0 Å². The maximum absolute atomic E-state index is 13.2. The van der Waals surface area contributed by atoms with Crippen LogP contribution in [0.25, 0.3) is 16.8 Å². The van der Waals surface area contributed by atoms with Crippen LogP contribution < -0.4 is 10.1 Å². The van der Waals surface area contributed by atoms with Crippen molar-refractivity contribution >= 4 is 34.5 Å². The zero-order valence-electron chi connectivity index (χ0n) is 20.5. The van der Waals surface area contributed by atoms with Crippen molar-refractivity contribution < 1.29 is 23.5 Å². The van der Waals surface area contributed by atoms with Crippen LogP contribution in [0, 0.1) is 0 Å². The number of amides is 3. The van der Waals surface area contributed by atoms with Crippen LogP contribution in [-0.2, 0) is 21.5 Å². The third kappa shape index (κ3) is 3.80. The average molecular weight is 500 g/mol. The molecular formula is C27H25N5O5. The number of azo groups is 1. The highest BCUT2D eigenvalue weighted by Gasteiger charge is 2.53. The fourth-order valence-electron chi connectivity index (χ4n) is 5.23. The smallest absolute Gasteiger partial charge is 0.254 e. The van der Waals surface area contributed by atoms with E-state index in [9.17, 15) is 14.4 Å². The minimum Gasteiger partial charge on any atom is -0.497 e. The molecular weight excluding hydrogens is 474 g/mol. The topological polar surface area (TPSA) is 126 Å². The molecule has 3 aliphatic heterocycles. The second-order valence-electron chi connectivity index (χ2n) is 9.63. The molecule has 6 rings (SSSR count). The van der Waals surface area contributed by atoms with E-state index in [0.717, 1.165) is 18.4 Å². The number of rotatable bonds is 7. The van der Waals surface area contributed by atoms with Crippen LogP contribution in [0.2, 0.25) is 0 Å². The van der Waals surface area contributed by atoms with E-state index in [-0.39, 0.29) is 24.9 Å². The molecule has 0 saturated carbocycles. The second-order valence-corrected chi connectivity index (χ2v) is 9.63. The van der Waals surface area contributed by atoms with E-state index < -0.39 is 17.2 Å². The van der Waals surface area contributed by atoms with E-state index in [1.165, 1.54) is 0 Å². The number of fused-ring (bicyclic) bond motifs is 2. The highest BCUT2D eigenvalue weighted by atomic mass is 16.5. The van der Waals surface area contributed by atoms with Crippen molar-refractivity contribution in [1.29, 1.82) is 0 Å². The van der Waals surface area contributed by atoms with Crippen molar-refractivity contribution in [2.24, 2.45) is 10.2 Å². The van der Waals surface area contributed by atoms with E-state index >= 15 is 0 Å². The molecule has 0 radical (unpaired) electrons. The van der Waals surface area contributed by atoms with Gasteiger partial charge in [0, 0.05) is 24.7 Å². The van der Waals surface area contributed by atoms with Crippen LogP contribution >= 0.6 is 0 Å². The quantitative estimate of drug-likeness (QED) is 0.494. The van der Waals surface area contributed by atoms with Gasteiger partial charge in [0.25, 0.3) is 5.91 Å².